The summed E-state index contributed by atoms with van der Waals surface area (Å²) in [6.07, 6.45) is 0. The fourth-order valence-corrected chi connectivity index (χ4v) is 9.73. The van der Waals surface area contributed by atoms with Crippen LogP contribution in [0.25, 0.3) is 33.4 Å². The number of carbonyl (C=O) groups is 1. The Balaban J connectivity index is 1.85. The molecule has 0 aliphatic carbocycles. The van der Waals surface area contributed by atoms with Crippen molar-refractivity contribution in [2.75, 3.05) is 6.61 Å². The molecule has 6 rings (SSSR count). The standard InChI is InChI=1S/C40H33O2P/c1-2-42-38(41)30-43(34-24-14-6-15-25-34,35-26-16-7-17-27-35)37-29-28-36(31-18-8-3-9-19-31)39(32-20-10-4-11-21-32)40(37)33-22-12-5-13-23-33/h3-30H,2H2,1H3. The second-order valence-electron chi connectivity index (χ2n) is 10.3. The highest BCUT2D eigenvalue weighted by atomic mass is 31.2. The van der Waals surface area contributed by atoms with E-state index < -0.39 is 6.89 Å². The maximum Gasteiger partial charge on any atom is 0.331 e. The van der Waals surface area contributed by atoms with E-state index in [9.17, 15) is 4.79 Å². The van der Waals surface area contributed by atoms with E-state index in [1.807, 2.05) is 37.0 Å². The van der Waals surface area contributed by atoms with Gasteiger partial charge in [-0.3, -0.25) is 0 Å². The molecule has 0 aromatic heterocycles. The van der Waals surface area contributed by atoms with Crippen molar-refractivity contribution in [3.8, 4) is 33.4 Å². The number of ether oxygens (including phenoxy) is 1. The summed E-state index contributed by atoms with van der Waals surface area (Å²) in [5.41, 5.74) is 6.77. The summed E-state index contributed by atoms with van der Waals surface area (Å²) in [7, 11) is 0. The predicted molar refractivity (Wildman–Crippen MR) is 184 cm³/mol. The van der Waals surface area contributed by atoms with Crippen molar-refractivity contribution in [1.29, 1.82) is 0 Å². The molecule has 0 aliphatic heterocycles. The van der Waals surface area contributed by atoms with Gasteiger partial charge in [0.15, 0.2) is 0 Å². The van der Waals surface area contributed by atoms with E-state index in [1.165, 1.54) is 0 Å². The molecule has 0 heterocycles. The van der Waals surface area contributed by atoms with Gasteiger partial charge in [0.25, 0.3) is 0 Å². The largest absolute Gasteiger partial charge is 0.463 e. The van der Waals surface area contributed by atoms with Crippen LogP contribution in [-0.2, 0) is 9.53 Å². The molecular weight excluding hydrogens is 543 g/mol. The summed E-state index contributed by atoms with van der Waals surface area (Å²) in [6.45, 7) is -0.533. The van der Waals surface area contributed by atoms with Gasteiger partial charge < -0.3 is 4.74 Å². The van der Waals surface area contributed by atoms with Gasteiger partial charge in [0.05, 0.1) is 6.61 Å². The number of rotatable bonds is 8. The zero-order valence-corrected chi connectivity index (χ0v) is 25.0. The Hall–Kier alpha value is -4.91. The molecule has 0 amide bonds. The highest BCUT2D eigenvalue weighted by molar-refractivity contribution is 7.95. The third-order valence-electron chi connectivity index (χ3n) is 7.69. The third kappa shape index (κ3) is 5.63. The van der Waals surface area contributed by atoms with Gasteiger partial charge in [-0.1, -0.05) is 164 Å². The summed E-state index contributed by atoms with van der Waals surface area (Å²) in [6, 6.07) is 57.1. The minimum atomic E-state index is -2.70. The van der Waals surface area contributed by atoms with E-state index in [2.05, 4.69) is 140 Å². The third-order valence-corrected chi connectivity index (χ3v) is 11.6. The molecule has 0 saturated heterocycles. The normalized spacial score (nSPS) is 11.1. The van der Waals surface area contributed by atoms with Gasteiger partial charge in [0, 0.05) is 5.80 Å². The smallest absolute Gasteiger partial charge is 0.331 e. The predicted octanol–water partition coefficient (Wildman–Crippen LogP) is 8.35. The highest BCUT2D eigenvalue weighted by Crippen LogP contribution is 2.50. The summed E-state index contributed by atoms with van der Waals surface area (Å²) in [5, 5.41) is 3.30. The monoisotopic (exact) mass is 576 g/mol. The first kappa shape index (κ1) is 28.2. The minimum Gasteiger partial charge on any atom is -0.463 e. The van der Waals surface area contributed by atoms with Crippen molar-refractivity contribution in [3.63, 3.8) is 0 Å². The Morgan fingerprint density at radius 2 is 0.953 bits per heavy atom. The molecule has 0 aliphatic rings. The lowest BCUT2D eigenvalue weighted by atomic mass is 9.87. The van der Waals surface area contributed by atoms with Gasteiger partial charge in [-0.15, -0.1) is 0 Å². The molecule has 0 fully saturated rings. The van der Waals surface area contributed by atoms with Crippen LogP contribution < -0.4 is 15.9 Å². The summed E-state index contributed by atoms with van der Waals surface area (Å²) >= 11 is 0. The number of hydrogen-bond acceptors (Lipinski definition) is 2. The topological polar surface area (TPSA) is 26.3 Å². The second kappa shape index (κ2) is 12.9. The van der Waals surface area contributed by atoms with Crippen LogP contribution in [0.4, 0.5) is 0 Å². The van der Waals surface area contributed by atoms with Crippen LogP contribution in [0.1, 0.15) is 6.92 Å². The Bertz CT molecular complexity index is 1820. The molecule has 0 unspecified atom stereocenters. The van der Waals surface area contributed by atoms with Crippen LogP contribution in [0, 0.1) is 0 Å². The fourth-order valence-electron chi connectivity index (χ4n) is 5.86. The lowest BCUT2D eigenvalue weighted by molar-refractivity contribution is -0.134. The molecule has 6 aromatic carbocycles. The average molecular weight is 577 g/mol. The summed E-state index contributed by atoms with van der Waals surface area (Å²) < 4.78 is 5.65. The van der Waals surface area contributed by atoms with E-state index in [4.69, 9.17) is 4.74 Å². The fraction of sp³-hybridized carbons (Fsp3) is 0.0500. The molecule has 0 saturated carbocycles. The van der Waals surface area contributed by atoms with E-state index >= 15 is 0 Å². The molecule has 210 valence electrons. The minimum absolute atomic E-state index is 0.309. The molecular formula is C40H33O2P. The van der Waals surface area contributed by atoms with Crippen molar-refractivity contribution < 1.29 is 9.53 Å². The van der Waals surface area contributed by atoms with E-state index in [-0.39, 0.29) is 5.97 Å². The summed E-state index contributed by atoms with van der Waals surface area (Å²) in [5.74, 6) is 1.57. The maximum atomic E-state index is 13.6. The van der Waals surface area contributed by atoms with Gasteiger partial charge in [0.2, 0.25) is 0 Å². The van der Waals surface area contributed by atoms with Crippen LogP contribution >= 0.6 is 6.89 Å². The first-order chi connectivity index (χ1) is 21.2. The average Bonchev–Trinajstić information content (AvgIpc) is 3.09. The van der Waals surface area contributed by atoms with Crippen molar-refractivity contribution in [1.82, 2.24) is 0 Å². The summed E-state index contributed by atoms with van der Waals surface area (Å²) in [4.78, 5) is 13.6. The zero-order chi connectivity index (χ0) is 29.5. The first-order valence-electron chi connectivity index (χ1n) is 14.6. The lowest BCUT2D eigenvalue weighted by Crippen LogP contribution is -2.30. The number of esters is 1. The second-order valence-corrected chi connectivity index (χ2v) is 13.5. The molecule has 3 heteroatoms. The Kier molecular flexibility index (Phi) is 8.50. The zero-order valence-electron chi connectivity index (χ0n) is 24.1. The van der Waals surface area contributed by atoms with Gasteiger partial charge in [-0.2, -0.15) is 0 Å². The number of carbonyl (C=O) groups excluding carboxylic acids is 1. The number of benzene rings is 6. The van der Waals surface area contributed by atoms with Gasteiger partial charge in [-0.05, 0) is 63.1 Å². The highest BCUT2D eigenvalue weighted by Gasteiger charge is 2.32. The molecule has 2 nitrogen and oxygen atoms in total. The van der Waals surface area contributed by atoms with E-state index in [0.29, 0.717) is 6.61 Å². The van der Waals surface area contributed by atoms with Crippen molar-refractivity contribution in [3.05, 3.63) is 164 Å². The molecule has 0 spiro atoms. The van der Waals surface area contributed by atoms with Crippen LogP contribution in [0.3, 0.4) is 0 Å². The molecule has 6 aromatic rings. The van der Waals surface area contributed by atoms with Crippen LogP contribution in [0.5, 0.6) is 0 Å². The Morgan fingerprint density at radius 1 is 0.535 bits per heavy atom. The maximum absolute atomic E-state index is 13.6. The Morgan fingerprint density at radius 3 is 1.42 bits per heavy atom. The SMILES string of the molecule is CCOC(=O)C=P(c1ccccc1)(c1ccccc1)c1ccc(-c2ccccc2)c(-c2ccccc2)c1-c1ccccc1. The molecule has 0 radical (unpaired) electrons. The van der Waals surface area contributed by atoms with Gasteiger partial charge in [-0.25, -0.2) is 4.79 Å². The van der Waals surface area contributed by atoms with E-state index in [1.54, 1.807) is 0 Å². The van der Waals surface area contributed by atoms with Crippen LogP contribution in [0.2, 0.25) is 0 Å². The molecule has 43 heavy (non-hydrogen) atoms. The molecule has 0 N–H and O–H groups in total. The lowest BCUT2D eigenvalue weighted by Gasteiger charge is -2.32. The first-order valence-corrected chi connectivity index (χ1v) is 16.4. The van der Waals surface area contributed by atoms with Crippen LogP contribution in [-0.4, -0.2) is 18.4 Å². The molecule has 0 bridgehead atoms. The quantitative estimate of drug-likeness (QED) is 0.134. The van der Waals surface area contributed by atoms with E-state index in [0.717, 1.165) is 49.3 Å². The van der Waals surface area contributed by atoms with Gasteiger partial charge >= 0.3 is 5.97 Å². The van der Waals surface area contributed by atoms with Crippen molar-refractivity contribution in [2.45, 2.75) is 6.92 Å². The molecule has 0 atom stereocenters. The van der Waals surface area contributed by atoms with Gasteiger partial charge in [0.1, 0.15) is 0 Å². The number of hydrogen-bond donors (Lipinski definition) is 0. The van der Waals surface area contributed by atoms with Crippen molar-refractivity contribution in [2.24, 2.45) is 0 Å². The van der Waals surface area contributed by atoms with Crippen molar-refractivity contribution >= 4 is 34.6 Å². The van der Waals surface area contributed by atoms with Crippen LogP contribution in [0.15, 0.2) is 164 Å². The Labute approximate surface area is 254 Å².